The Labute approximate surface area is 125 Å². The summed E-state index contributed by atoms with van der Waals surface area (Å²) >= 11 is 3.41. The highest BCUT2D eigenvalue weighted by Gasteiger charge is 2.22. The van der Waals surface area contributed by atoms with Crippen molar-refractivity contribution in [1.82, 2.24) is 15.4 Å². The van der Waals surface area contributed by atoms with E-state index in [-0.39, 0.29) is 6.04 Å². The Balaban J connectivity index is 2.52. The molecule has 0 saturated carbocycles. The Morgan fingerprint density at radius 2 is 1.95 bits per heavy atom. The van der Waals surface area contributed by atoms with Gasteiger partial charge >= 0.3 is 0 Å². The fraction of sp³-hybridized carbons (Fsp3) is 0.231. The van der Waals surface area contributed by atoms with Crippen LogP contribution in [0.2, 0.25) is 0 Å². The molecule has 0 saturated heterocycles. The van der Waals surface area contributed by atoms with Gasteiger partial charge in [-0.05, 0) is 12.1 Å². The molecule has 3 N–H and O–H groups in total. The minimum atomic E-state index is -0.387. The summed E-state index contributed by atoms with van der Waals surface area (Å²) in [4.78, 5) is 8.43. The van der Waals surface area contributed by atoms with Crippen LogP contribution in [0.5, 0.6) is 11.6 Å². The van der Waals surface area contributed by atoms with Crippen molar-refractivity contribution < 1.29 is 9.47 Å². The highest BCUT2D eigenvalue weighted by Crippen LogP contribution is 2.33. The average Bonchev–Trinajstić information content (AvgIpc) is 2.49. The molecule has 0 fully saturated rings. The Morgan fingerprint density at radius 1 is 1.20 bits per heavy atom. The van der Waals surface area contributed by atoms with Crippen molar-refractivity contribution in [1.29, 1.82) is 0 Å². The van der Waals surface area contributed by atoms with E-state index in [0.29, 0.717) is 17.3 Å². The van der Waals surface area contributed by atoms with Gasteiger partial charge in [0.2, 0.25) is 5.88 Å². The number of nitrogens with one attached hydrogen (secondary N) is 1. The fourth-order valence-corrected chi connectivity index (χ4v) is 2.27. The normalized spacial score (nSPS) is 12.0. The minimum Gasteiger partial charge on any atom is -0.496 e. The van der Waals surface area contributed by atoms with Gasteiger partial charge in [0.25, 0.3) is 0 Å². The van der Waals surface area contributed by atoms with Crippen LogP contribution < -0.4 is 20.7 Å². The number of aromatic nitrogens is 2. The number of nitrogens with zero attached hydrogens (tertiary/aromatic N) is 2. The predicted octanol–water partition coefficient (Wildman–Crippen LogP) is 1.81. The molecule has 2 aromatic rings. The number of benzene rings is 1. The van der Waals surface area contributed by atoms with Gasteiger partial charge < -0.3 is 9.47 Å². The molecule has 1 aromatic heterocycles. The first-order valence-electron chi connectivity index (χ1n) is 5.85. The molecule has 20 heavy (non-hydrogen) atoms. The van der Waals surface area contributed by atoms with E-state index in [9.17, 15) is 0 Å². The van der Waals surface area contributed by atoms with Crippen molar-refractivity contribution in [3.05, 3.63) is 46.3 Å². The van der Waals surface area contributed by atoms with Gasteiger partial charge in [0.05, 0.1) is 20.3 Å². The molecule has 6 nitrogen and oxygen atoms in total. The Kier molecular flexibility index (Phi) is 4.89. The number of rotatable bonds is 5. The summed E-state index contributed by atoms with van der Waals surface area (Å²) in [5.41, 5.74) is 4.17. The molecule has 0 radical (unpaired) electrons. The van der Waals surface area contributed by atoms with Crippen LogP contribution in [0.3, 0.4) is 0 Å². The Bertz CT molecular complexity index is 594. The minimum absolute atomic E-state index is 0.387. The van der Waals surface area contributed by atoms with E-state index >= 15 is 0 Å². The summed E-state index contributed by atoms with van der Waals surface area (Å²) in [6.45, 7) is 0. The number of ether oxygens (including phenoxy) is 2. The van der Waals surface area contributed by atoms with E-state index in [1.165, 1.54) is 0 Å². The number of hydrogen-bond donors (Lipinski definition) is 2. The number of halogens is 1. The van der Waals surface area contributed by atoms with Crippen molar-refractivity contribution in [2.45, 2.75) is 6.04 Å². The highest BCUT2D eigenvalue weighted by atomic mass is 79.9. The quantitative estimate of drug-likeness (QED) is 0.639. The maximum absolute atomic E-state index is 5.68. The average molecular weight is 339 g/mol. The zero-order valence-electron chi connectivity index (χ0n) is 11.1. The van der Waals surface area contributed by atoms with Crippen molar-refractivity contribution in [3.63, 3.8) is 0 Å². The topological polar surface area (TPSA) is 82.3 Å². The summed E-state index contributed by atoms with van der Waals surface area (Å²) < 4.78 is 11.5. The standard InChI is InChI=1S/C13H15BrN4O2/c1-19-10-7-8(14)3-4-9(10)11(18-15)12-13(20-2)17-6-5-16-12/h3-7,11,18H,15H2,1-2H3. The van der Waals surface area contributed by atoms with Gasteiger partial charge in [-0.1, -0.05) is 22.0 Å². The van der Waals surface area contributed by atoms with Crippen molar-refractivity contribution >= 4 is 15.9 Å². The lowest BCUT2D eigenvalue weighted by Gasteiger charge is -2.20. The summed E-state index contributed by atoms with van der Waals surface area (Å²) in [6.07, 6.45) is 3.16. The second-order valence-corrected chi connectivity index (χ2v) is 4.85. The van der Waals surface area contributed by atoms with Gasteiger partial charge in [-0.3, -0.25) is 10.8 Å². The van der Waals surface area contributed by atoms with Gasteiger partial charge in [0, 0.05) is 22.4 Å². The molecule has 0 bridgehead atoms. The molecule has 0 aliphatic heterocycles. The lowest BCUT2D eigenvalue weighted by molar-refractivity contribution is 0.378. The first kappa shape index (κ1) is 14.7. The largest absolute Gasteiger partial charge is 0.496 e. The van der Waals surface area contributed by atoms with Gasteiger partial charge in [0.1, 0.15) is 11.4 Å². The van der Waals surface area contributed by atoms with Crippen molar-refractivity contribution in [2.75, 3.05) is 14.2 Å². The second kappa shape index (κ2) is 6.65. The highest BCUT2D eigenvalue weighted by molar-refractivity contribution is 9.10. The maximum atomic E-state index is 5.68. The Hall–Kier alpha value is -1.70. The van der Waals surface area contributed by atoms with Crippen molar-refractivity contribution in [2.24, 2.45) is 5.84 Å². The molecular formula is C13H15BrN4O2. The first-order valence-corrected chi connectivity index (χ1v) is 6.65. The molecule has 1 unspecified atom stereocenters. The molecule has 0 amide bonds. The smallest absolute Gasteiger partial charge is 0.237 e. The Morgan fingerprint density at radius 3 is 2.60 bits per heavy atom. The third-order valence-electron chi connectivity index (χ3n) is 2.83. The predicted molar refractivity (Wildman–Crippen MR) is 78.4 cm³/mol. The maximum Gasteiger partial charge on any atom is 0.237 e. The third-order valence-corrected chi connectivity index (χ3v) is 3.32. The number of nitrogens with two attached hydrogens (primary N) is 1. The zero-order chi connectivity index (χ0) is 14.5. The van der Waals surface area contributed by atoms with Crippen molar-refractivity contribution in [3.8, 4) is 11.6 Å². The SMILES string of the molecule is COc1cc(Br)ccc1C(NN)c1nccnc1OC. The molecule has 1 aromatic carbocycles. The van der Waals surface area contributed by atoms with Crippen LogP contribution in [-0.2, 0) is 0 Å². The van der Waals surface area contributed by atoms with Crippen LogP contribution in [-0.4, -0.2) is 24.2 Å². The van der Waals surface area contributed by atoms with Gasteiger partial charge in [0.15, 0.2) is 0 Å². The van der Waals surface area contributed by atoms with Crippen LogP contribution in [0.15, 0.2) is 35.1 Å². The van der Waals surface area contributed by atoms with Gasteiger partial charge in [-0.15, -0.1) is 0 Å². The molecule has 7 heteroatoms. The van der Waals surface area contributed by atoms with E-state index < -0.39 is 0 Å². The molecule has 2 rings (SSSR count). The fourth-order valence-electron chi connectivity index (χ4n) is 1.93. The van der Waals surface area contributed by atoms with Crippen LogP contribution in [0.1, 0.15) is 17.3 Å². The zero-order valence-corrected chi connectivity index (χ0v) is 12.7. The van der Waals surface area contributed by atoms with Gasteiger partial charge in [-0.25, -0.2) is 10.4 Å². The summed E-state index contributed by atoms with van der Waals surface area (Å²) in [5.74, 6) is 6.79. The molecule has 0 aliphatic carbocycles. The molecule has 0 spiro atoms. The van der Waals surface area contributed by atoms with E-state index in [4.69, 9.17) is 15.3 Å². The van der Waals surface area contributed by atoms with E-state index in [0.717, 1.165) is 10.0 Å². The molecular weight excluding hydrogens is 324 g/mol. The lowest BCUT2D eigenvalue weighted by atomic mass is 10.0. The molecule has 1 heterocycles. The van der Waals surface area contributed by atoms with Crippen LogP contribution in [0.4, 0.5) is 0 Å². The van der Waals surface area contributed by atoms with E-state index in [2.05, 4.69) is 31.3 Å². The number of methoxy groups -OCH3 is 2. The summed E-state index contributed by atoms with van der Waals surface area (Å²) in [6, 6.07) is 5.29. The monoisotopic (exact) mass is 338 g/mol. The van der Waals surface area contributed by atoms with Crippen LogP contribution >= 0.6 is 15.9 Å². The second-order valence-electron chi connectivity index (χ2n) is 3.94. The lowest BCUT2D eigenvalue weighted by Crippen LogP contribution is -2.30. The molecule has 0 aliphatic rings. The number of hydrogen-bond acceptors (Lipinski definition) is 6. The van der Waals surface area contributed by atoms with Crippen LogP contribution in [0, 0.1) is 0 Å². The third kappa shape index (κ3) is 2.90. The van der Waals surface area contributed by atoms with E-state index in [1.54, 1.807) is 26.6 Å². The summed E-state index contributed by atoms with van der Waals surface area (Å²) in [5, 5.41) is 0. The number of hydrazine groups is 1. The summed E-state index contributed by atoms with van der Waals surface area (Å²) in [7, 11) is 3.15. The molecule has 106 valence electrons. The first-order chi connectivity index (χ1) is 9.71. The van der Waals surface area contributed by atoms with Gasteiger partial charge in [-0.2, -0.15) is 0 Å². The van der Waals surface area contributed by atoms with E-state index in [1.807, 2.05) is 18.2 Å². The molecule has 1 atom stereocenters. The van der Waals surface area contributed by atoms with Crippen LogP contribution in [0.25, 0.3) is 0 Å².